The van der Waals surface area contributed by atoms with Gasteiger partial charge >= 0.3 is 5.91 Å². The number of hydrogen-bond donors (Lipinski definition) is 1. The molecule has 0 radical (unpaired) electrons. The molecule has 1 saturated heterocycles. The predicted octanol–water partition coefficient (Wildman–Crippen LogP) is 5.31. The zero-order valence-electron chi connectivity index (χ0n) is 18.1. The highest BCUT2D eigenvalue weighted by Gasteiger charge is 2.48. The molecule has 1 aliphatic heterocycles. The molecule has 0 unspecified atom stereocenters. The van der Waals surface area contributed by atoms with Gasteiger partial charge in [0.15, 0.2) is 0 Å². The molecule has 1 amide bonds. The molecule has 2 heterocycles. The van der Waals surface area contributed by atoms with E-state index in [4.69, 9.17) is 16.3 Å². The number of ketones is 1. The van der Waals surface area contributed by atoms with Crippen molar-refractivity contribution < 1.29 is 19.4 Å². The third-order valence-corrected chi connectivity index (χ3v) is 6.34. The number of rotatable bonds is 7. The Morgan fingerprint density at radius 1 is 1.12 bits per heavy atom. The zero-order valence-corrected chi connectivity index (χ0v) is 19.7. The molecule has 1 aromatic heterocycles. The minimum atomic E-state index is -0.866. The maximum atomic E-state index is 13.1. The summed E-state index contributed by atoms with van der Waals surface area (Å²) in [4.78, 5) is 27.4. The van der Waals surface area contributed by atoms with Crippen molar-refractivity contribution in [1.82, 2.24) is 10.2 Å². The lowest BCUT2D eigenvalue weighted by atomic mass is 9.95. The van der Waals surface area contributed by atoms with E-state index < -0.39 is 17.7 Å². The van der Waals surface area contributed by atoms with Crippen LogP contribution >= 0.6 is 22.9 Å². The highest BCUT2D eigenvalue weighted by atomic mass is 35.5. The standard InChI is InChI=1S/C24H22ClN3O4S/c1-3-4-13-32-18-11-7-16(8-12-18)21(29)19-20(15-5-9-17(25)10-6-15)28(23(31)22(19)30)24-27-26-14(2)33-24/h5-12,20,29H,3-4,13H2,1-2H3/t20-/m0/s1. The highest BCUT2D eigenvalue weighted by Crippen LogP contribution is 2.43. The Bertz CT molecular complexity index is 1210. The molecular formula is C24H22ClN3O4S. The largest absolute Gasteiger partial charge is 0.507 e. The fourth-order valence-corrected chi connectivity index (χ4v) is 4.41. The van der Waals surface area contributed by atoms with Gasteiger partial charge in [0.2, 0.25) is 5.13 Å². The van der Waals surface area contributed by atoms with Gasteiger partial charge in [0.05, 0.1) is 18.2 Å². The second-order valence-corrected chi connectivity index (χ2v) is 9.15. The fraction of sp³-hybridized carbons (Fsp3) is 0.250. The molecule has 0 aliphatic carbocycles. The molecule has 1 atom stereocenters. The molecule has 4 rings (SSSR count). The maximum absolute atomic E-state index is 13.1. The molecule has 2 aromatic carbocycles. The predicted molar refractivity (Wildman–Crippen MR) is 128 cm³/mol. The SMILES string of the molecule is CCCCOc1ccc(C(O)=C2C(=O)C(=O)N(c3nnc(C)s3)[C@H]2c2ccc(Cl)cc2)cc1. The summed E-state index contributed by atoms with van der Waals surface area (Å²) in [5.41, 5.74) is 1.01. The van der Waals surface area contributed by atoms with Crippen LogP contribution in [-0.2, 0) is 9.59 Å². The van der Waals surface area contributed by atoms with Crippen LogP contribution in [0.2, 0.25) is 5.02 Å². The van der Waals surface area contributed by atoms with Crippen molar-refractivity contribution in [1.29, 1.82) is 0 Å². The third-order valence-electron chi connectivity index (χ3n) is 5.25. The van der Waals surface area contributed by atoms with Crippen LogP contribution in [-0.4, -0.2) is 33.6 Å². The quantitative estimate of drug-likeness (QED) is 0.212. The van der Waals surface area contributed by atoms with Crippen LogP contribution < -0.4 is 9.64 Å². The molecule has 170 valence electrons. The normalized spacial score (nSPS) is 17.5. The first kappa shape index (κ1) is 22.9. The Balaban J connectivity index is 1.78. The number of unbranched alkanes of at least 4 members (excludes halogenated alkanes) is 1. The molecule has 1 fully saturated rings. The van der Waals surface area contributed by atoms with E-state index in [-0.39, 0.29) is 16.5 Å². The monoisotopic (exact) mass is 483 g/mol. The minimum Gasteiger partial charge on any atom is -0.507 e. The Hall–Kier alpha value is -3.23. The van der Waals surface area contributed by atoms with Crippen molar-refractivity contribution in [2.45, 2.75) is 32.7 Å². The molecule has 9 heteroatoms. The number of halogens is 1. The second-order valence-electron chi connectivity index (χ2n) is 7.55. The van der Waals surface area contributed by atoms with Crippen LogP contribution in [0.15, 0.2) is 54.1 Å². The summed E-state index contributed by atoms with van der Waals surface area (Å²) in [5, 5.41) is 20.6. The minimum absolute atomic E-state index is 0.0187. The van der Waals surface area contributed by atoms with Gasteiger partial charge in [-0.05, 0) is 55.3 Å². The van der Waals surface area contributed by atoms with Gasteiger partial charge in [-0.3, -0.25) is 14.5 Å². The molecule has 7 nitrogen and oxygen atoms in total. The number of benzene rings is 2. The average molecular weight is 484 g/mol. The molecule has 0 saturated carbocycles. The van der Waals surface area contributed by atoms with Crippen molar-refractivity contribution in [3.8, 4) is 5.75 Å². The number of hydrogen-bond acceptors (Lipinski definition) is 7. The summed E-state index contributed by atoms with van der Waals surface area (Å²) >= 11 is 7.24. The Morgan fingerprint density at radius 3 is 2.42 bits per heavy atom. The van der Waals surface area contributed by atoms with Crippen LogP contribution in [0, 0.1) is 6.92 Å². The van der Waals surface area contributed by atoms with Crippen molar-refractivity contribution in [2.24, 2.45) is 0 Å². The lowest BCUT2D eigenvalue weighted by molar-refractivity contribution is -0.132. The van der Waals surface area contributed by atoms with Crippen LogP contribution in [0.4, 0.5) is 5.13 Å². The average Bonchev–Trinajstić information content (AvgIpc) is 3.35. The van der Waals surface area contributed by atoms with Gasteiger partial charge < -0.3 is 9.84 Å². The topological polar surface area (TPSA) is 92.6 Å². The number of anilines is 1. The van der Waals surface area contributed by atoms with E-state index in [2.05, 4.69) is 17.1 Å². The number of Topliss-reactive ketones (excluding diaryl/α,β-unsaturated/α-hetero) is 1. The van der Waals surface area contributed by atoms with E-state index in [1.807, 2.05) is 0 Å². The molecular weight excluding hydrogens is 462 g/mol. The van der Waals surface area contributed by atoms with Gasteiger partial charge in [-0.15, -0.1) is 10.2 Å². The van der Waals surface area contributed by atoms with Crippen LogP contribution in [0.25, 0.3) is 5.76 Å². The maximum Gasteiger partial charge on any atom is 0.301 e. The van der Waals surface area contributed by atoms with Gasteiger partial charge in [-0.25, -0.2) is 0 Å². The number of aromatic nitrogens is 2. The van der Waals surface area contributed by atoms with E-state index in [1.54, 1.807) is 55.5 Å². The molecule has 1 N–H and O–H groups in total. The van der Waals surface area contributed by atoms with E-state index in [1.165, 1.54) is 16.2 Å². The number of aliphatic hydroxyl groups is 1. The lowest BCUT2D eigenvalue weighted by Gasteiger charge is -2.22. The van der Waals surface area contributed by atoms with Gasteiger partial charge in [0, 0.05) is 10.6 Å². The molecule has 33 heavy (non-hydrogen) atoms. The summed E-state index contributed by atoms with van der Waals surface area (Å²) in [6, 6.07) is 12.7. The lowest BCUT2D eigenvalue weighted by Crippen LogP contribution is -2.29. The van der Waals surface area contributed by atoms with Crippen molar-refractivity contribution in [3.63, 3.8) is 0 Å². The van der Waals surface area contributed by atoms with E-state index in [0.29, 0.717) is 33.5 Å². The summed E-state index contributed by atoms with van der Waals surface area (Å²) in [7, 11) is 0. The number of carbonyl (C=O) groups excluding carboxylic acids is 2. The van der Waals surface area contributed by atoms with Crippen molar-refractivity contribution in [2.75, 3.05) is 11.5 Å². The van der Waals surface area contributed by atoms with E-state index in [9.17, 15) is 14.7 Å². The fourth-order valence-electron chi connectivity index (χ4n) is 3.57. The molecule has 0 bridgehead atoms. The smallest absolute Gasteiger partial charge is 0.301 e. The first-order valence-electron chi connectivity index (χ1n) is 10.5. The van der Waals surface area contributed by atoms with E-state index in [0.717, 1.165) is 12.8 Å². The number of aliphatic hydroxyl groups excluding tert-OH is 1. The number of ether oxygens (including phenoxy) is 1. The number of amides is 1. The van der Waals surface area contributed by atoms with E-state index >= 15 is 0 Å². The summed E-state index contributed by atoms with van der Waals surface area (Å²) in [6.07, 6.45) is 1.97. The molecule has 3 aromatic rings. The van der Waals surface area contributed by atoms with Gasteiger partial charge in [0.25, 0.3) is 5.78 Å². The van der Waals surface area contributed by atoms with Crippen molar-refractivity contribution in [3.05, 3.63) is 75.3 Å². The molecule has 0 spiro atoms. The van der Waals surface area contributed by atoms with Crippen LogP contribution in [0.1, 0.15) is 41.9 Å². The van der Waals surface area contributed by atoms with Crippen LogP contribution in [0.3, 0.4) is 0 Å². The van der Waals surface area contributed by atoms with Crippen LogP contribution in [0.5, 0.6) is 5.75 Å². The van der Waals surface area contributed by atoms with Gasteiger partial charge in [0.1, 0.15) is 16.5 Å². The summed E-state index contributed by atoms with van der Waals surface area (Å²) in [5.74, 6) is -1.16. The Kier molecular flexibility index (Phi) is 6.76. The third kappa shape index (κ3) is 4.62. The Morgan fingerprint density at radius 2 is 1.82 bits per heavy atom. The highest BCUT2D eigenvalue weighted by molar-refractivity contribution is 7.15. The molecule has 1 aliphatic rings. The Labute approximate surface area is 200 Å². The van der Waals surface area contributed by atoms with Gasteiger partial charge in [-0.1, -0.05) is 48.4 Å². The summed E-state index contributed by atoms with van der Waals surface area (Å²) in [6.45, 7) is 4.45. The summed E-state index contributed by atoms with van der Waals surface area (Å²) < 4.78 is 5.67. The number of nitrogens with zero attached hydrogens (tertiary/aromatic N) is 3. The number of carbonyl (C=O) groups is 2. The number of aryl methyl sites for hydroxylation is 1. The zero-order chi connectivity index (χ0) is 23.5. The first-order valence-corrected chi connectivity index (χ1v) is 11.7. The van der Waals surface area contributed by atoms with Crippen molar-refractivity contribution >= 4 is 45.5 Å². The second kappa shape index (κ2) is 9.72. The van der Waals surface area contributed by atoms with Gasteiger partial charge in [-0.2, -0.15) is 0 Å². The first-order chi connectivity index (χ1) is 15.9.